The van der Waals surface area contributed by atoms with Gasteiger partial charge in [-0.3, -0.25) is 4.79 Å². The maximum atomic E-state index is 12.8. The monoisotopic (exact) mass is 413 g/mol. The van der Waals surface area contributed by atoms with Gasteiger partial charge in [0.1, 0.15) is 0 Å². The number of hydrogen-bond donors (Lipinski definition) is 0. The Labute approximate surface area is 177 Å². The molecule has 2 aliphatic rings. The van der Waals surface area contributed by atoms with Crippen molar-refractivity contribution in [2.24, 2.45) is 5.92 Å². The summed E-state index contributed by atoms with van der Waals surface area (Å²) in [5, 5.41) is 4.17. The molecule has 0 bridgehead atoms. The van der Waals surface area contributed by atoms with E-state index in [2.05, 4.69) is 10.1 Å². The Morgan fingerprint density at radius 1 is 1.10 bits per heavy atom. The number of carbonyl (C=O) groups excluding carboxylic acids is 1. The third-order valence-corrected chi connectivity index (χ3v) is 6.39. The van der Waals surface area contributed by atoms with Crippen molar-refractivity contribution in [1.82, 2.24) is 15.0 Å². The minimum atomic E-state index is 0.0930. The van der Waals surface area contributed by atoms with E-state index in [1.54, 1.807) is 14.2 Å². The van der Waals surface area contributed by atoms with Gasteiger partial charge in [-0.05, 0) is 49.8 Å². The van der Waals surface area contributed by atoms with Crippen LogP contribution >= 0.6 is 0 Å². The van der Waals surface area contributed by atoms with Crippen LogP contribution in [0.1, 0.15) is 63.2 Å². The summed E-state index contributed by atoms with van der Waals surface area (Å²) in [5.74, 6) is 3.35. The number of piperidine rings is 1. The van der Waals surface area contributed by atoms with E-state index in [4.69, 9.17) is 14.0 Å². The summed E-state index contributed by atoms with van der Waals surface area (Å²) in [4.78, 5) is 19.5. The highest BCUT2D eigenvalue weighted by Gasteiger charge is 2.30. The van der Waals surface area contributed by atoms with Gasteiger partial charge in [-0.2, -0.15) is 4.98 Å². The molecular weight excluding hydrogens is 382 g/mol. The molecule has 1 aromatic carbocycles. The zero-order valence-electron chi connectivity index (χ0n) is 17.9. The Hall–Kier alpha value is -2.57. The first kappa shape index (κ1) is 20.7. The van der Waals surface area contributed by atoms with Crippen LogP contribution in [0.2, 0.25) is 0 Å². The molecular formula is C23H31N3O4. The smallest absolute Gasteiger partial charge is 0.231 e. The summed E-state index contributed by atoms with van der Waals surface area (Å²) in [6.45, 7) is 1.50. The Kier molecular flexibility index (Phi) is 6.55. The standard InChI is InChI=1S/C23H31N3O4/c1-28-19-11-10-17(14-20(19)29-2)22-24-23(30-25-22)18-9-6-12-26(15-18)21(27)13-16-7-4-3-5-8-16/h10-11,14,16,18H,3-9,12-13,15H2,1-2H3. The second-order valence-electron chi connectivity index (χ2n) is 8.41. The summed E-state index contributed by atoms with van der Waals surface area (Å²) < 4.78 is 16.3. The van der Waals surface area contributed by atoms with E-state index in [1.165, 1.54) is 32.1 Å². The van der Waals surface area contributed by atoms with E-state index in [-0.39, 0.29) is 11.8 Å². The van der Waals surface area contributed by atoms with Gasteiger partial charge in [0.25, 0.3) is 0 Å². The lowest BCUT2D eigenvalue weighted by atomic mass is 9.86. The minimum absolute atomic E-state index is 0.0930. The molecule has 1 unspecified atom stereocenters. The first-order valence-electron chi connectivity index (χ1n) is 11.0. The van der Waals surface area contributed by atoms with Gasteiger partial charge >= 0.3 is 0 Å². The lowest BCUT2D eigenvalue weighted by Crippen LogP contribution is -2.40. The number of carbonyl (C=O) groups is 1. The van der Waals surface area contributed by atoms with Crippen LogP contribution in [0.25, 0.3) is 11.4 Å². The van der Waals surface area contributed by atoms with Gasteiger partial charge in [-0.15, -0.1) is 0 Å². The third-order valence-electron chi connectivity index (χ3n) is 6.39. The molecule has 0 N–H and O–H groups in total. The molecule has 1 aliphatic carbocycles. The number of likely N-dealkylation sites (tertiary alicyclic amines) is 1. The molecule has 30 heavy (non-hydrogen) atoms. The number of rotatable bonds is 6. The van der Waals surface area contributed by atoms with E-state index >= 15 is 0 Å². The molecule has 4 rings (SSSR count). The maximum absolute atomic E-state index is 12.8. The highest BCUT2D eigenvalue weighted by Crippen LogP contribution is 2.33. The van der Waals surface area contributed by atoms with Gasteiger partial charge in [-0.25, -0.2) is 0 Å². The van der Waals surface area contributed by atoms with Crippen LogP contribution in [0.5, 0.6) is 11.5 Å². The van der Waals surface area contributed by atoms with Gasteiger partial charge in [0.05, 0.1) is 20.1 Å². The predicted octanol–water partition coefficient (Wildman–Crippen LogP) is 4.43. The number of amides is 1. The van der Waals surface area contributed by atoms with Crippen molar-refractivity contribution in [2.45, 2.75) is 57.3 Å². The van der Waals surface area contributed by atoms with Crippen molar-refractivity contribution in [3.63, 3.8) is 0 Å². The van der Waals surface area contributed by atoms with Crippen LogP contribution in [-0.4, -0.2) is 48.3 Å². The molecule has 7 heteroatoms. The number of methoxy groups -OCH3 is 2. The second kappa shape index (κ2) is 9.49. The molecule has 1 saturated heterocycles. The largest absolute Gasteiger partial charge is 0.493 e. The van der Waals surface area contributed by atoms with E-state index in [0.717, 1.165) is 24.9 Å². The Morgan fingerprint density at radius 2 is 1.90 bits per heavy atom. The van der Waals surface area contributed by atoms with Crippen molar-refractivity contribution >= 4 is 5.91 Å². The van der Waals surface area contributed by atoms with Crippen LogP contribution in [-0.2, 0) is 4.79 Å². The van der Waals surface area contributed by atoms with Crippen LogP contribution in [0, 0.1) is 5.92 Å². The molecule has 7 nitrogen and oxygen atoms in total. The zero-order valence-corrected chi connectivity index (χ0v) is 17.9. The first-order chi connectivity index (χ1) is 14.7. The molecule has 1 saturated carbocycles. The number of aromatic nitrogens is 2. The lowest BCUT2D eigenvalue weighted by Gasteiger charge is -2.32. The summed E-state index contributed by atoms with van der Waals surface area (Å²) >= 11 is 0. The fourth-order valence-corrected chi connectivity index (χ4v) is 4.67. The summed E-state index contributed by atoms with van der Waals surface area (Å²) in [7, 11) is 3.21. The number of nitrogens with zero attached hydrogens (tertiary/aromatic N) is 3. The van der Waals surface area contributed by atoms with Crippen molar-refractivity contribution in [3.8, 4) is 22.9 Å². The highest BCUT2D eigenvalue weighted by atomic mass is 16.5. The average molecular weight is 414 g/mol. The van der Waals surface area contributed by atoms with Gasteiger partial charge in [0.15, 0.2) is 11.5 Å². The summed E-state index contributed by atoms with van der Waals surface area (Å²) in [6.07, 6.45) is 8.85. The molecule has 162 valence electrons. The van der Waals surface area contributed by atoms with Crippen molar-refractivity contribution in [1.29, 1.82) is 0 Å². The summed E-state index contributed by atoms with van der Waals surface area (Å²) in [5.41, 5.74) is 0.809. The molecule has 1 amide bonds. The van der Waals surface area contributed by atoms with Gasteiger partial charge < -0.3 is 18.9 Å². The Balaban J connectivity index is 1.42. The maximum Gasteiger partial charge on any atom is 0.231 e. The molecule has 2 fully saturated rings. The van der Waals surface area contributed by atoms with Crippen LogP contribution in [0.3, 0.4) is 0 Å². The minimum Gasteiger partial charge on any atom is -0.493 e. The highest BCUT2D eigenvalue weighted by molar-refractivity contribution is 5.76. The SMILES string of the molecule is COc1ccc(-c2noc(C3CCCN(C(=O)CC4CCCCC4)C3)n2)cc1OC. The van der Waals surface area contributed by atoms with Crippen LogP contribution < -0.4 is 9.47 Å². The zero-order chi connectivity index (χ0) is 20.9. The lowest BCUT2D eigenvalue weighted by molar-refractivity contribution is -0.133. The fraction of sp³-hybridized carbons (Fsp3) is 0.609. The quantitative estimate of drug-likeness (QED) is 0.697. The van der Waals surface area contributed by atoms with Gasteiger partial charge in [0.2, 0.25) is 17.6 Å². The second-order valence-corrected chi connectivity index (χ2v) is 8.41. The number of hydrogen-bond acceptors (Lipinski definition) is 6. The van der Waals surface area contributed by atoms with Crippen LogP contribution in [0.15, 0.2) is 22.7 Å². The topological polar surface area (TPSA) is 77.7 Å². The number of ether oxygens (including phenoxy) is 2. The third kappa shape index (κ3) is 4.60. The molecule has 1 aliphatic heterocycles. The Morgan fingerprint density at radius 3 is 2.67 bits per heavy atom. The molecule has 0 radical (unpaired) electrons. The van der Waals surface area contributed by atoms with Crippen molar-refractivity contribution < 1.29 is 18.8 Å². The Bertz CT molecular complexity index is 860. The predicted molar refractivity (Wildman–Crippen MR) is 113 cm³/mol. The molecule has 2 heterocycles. The van der Waals surface area contributed by atoms with E-state index < -0.39 is 0 Å². The molecule has 1 atom stereocenters. The number of benzene rings is 1. The van der Waals surface area contributed by atoms with E-state index in [0.29, 0.717) is 42.1 Å². The van der Waals surface area contributed by atoms with Crippen molar-refractivity contribution in [3.05, 3.63) is 24.1 Å². The van der Waals surface area contributed by atoms with Crippen LogP contribution in [0.4, 0.5) is 0 Å². The molecule has 1 aromatic heterocycles. The van der Waals surface area contributed by atoms with E-state index in [1.807, 2.05) is 23.1 Å². The average Bonchev–Trinajstić information content (AvgIpc) is 3.30. The molecule has 2 aromatic rings. The van der Waals surface area contributed by atoms with Gasteiger partial charge in [0, 0.05) is 25.1 Å². The van der Waals surface area contributed by atoms with Gasteiger partial charge in [-0.1, -0.05) is 24.4 Å². The summed E-state index contributed by atoms with van der Waals surface area (Å²) in [6, 6.07) is 5.56. The molecule has 0 spiro atoms. The van der Waals surface area contributed by atoms with Crippen molar-refractivity contribution in [2.75, 3.05) is 27.3 Å². The first-order valence-corrected chi connectivity index (χ1v) is 11.0. The normalized spacial score (nSPS) is 20.2. The van der Waals surface area contributed by atoms with E-state index in [9.17, 15) is 4.79 Å². The fourth-order valence-electron chi connectivity index (χ4n) is 4.67.